The lowest BCUT2D eigenvalue weighted by molar-refractivity contribution is -0.161. The molecule has 0 amide bonds. The Hall–Kier alpha value is -2.03. The molecule has 0 fully saturated rings. The van der Waals surface area contributed by atoms with E-state index in [-0.39, 0.29) is 38.6 Å². The topological polar surface area (TPSA) is 134 Å². The van der Waals surface area contributed by atoms with Crippen molar-refractivity contribution in [1.82, 2.24) is 0 Å². The highest BCUT2D eigenvalue weighted by molar-refractivity contribution is 7.47. The molecule has 0 rings (SSSR count). The number of carbonyl (C=O) groups excluding carboxylic acids is 2. The summed E-state index contributed by atoms with van der Waals surface area (Å²) in [6.07, 6.45) is 52.8. The first kappa shape index (κ1) is 57.0. The minimum absolute atomic E-state index is 0.0484. The number of phosphoric acid groups is 1. The Morgan fingerprint density at radius 3 is 1.36 bits per heavy atom. The smallest absolute Gasteiger partial charge is 0.462 e. The van der Waals surface area contributed by atoms with Crippen LogP contribution >= 0.6 is 7.82 Å². The van der Waals surface area contributed by atoms with Gasteiger partial charge in [0.25, 0.3) is 0 Å². The van der Waals surface area contributed by atoms with Gasteiger partial charge in [0.2, 0.25) is 0 Å². The molecule has 0 heterocycles. The van der Waals surface area contributed by atoms with Gasteiger partial charge in [-0.25, -0.2) is 4.57 Å². The quantitative estimate of drug-likeness (QED) is 0.0266. The highest BCUT2D eigenvalue weighted by Gasteiger charge is 2.26. The fourth-order valence-electron chi connectivity index (χ4n) is 6.58. The molecule has 0 bridgehead atoms. The van der Waals surface area contributed by atoms with Gasteiger partial charge in [0, 0.05) is 19.4 Å². The van der Waals surface area contributed by atoms with E-state index >= 15 is 0 Å². The number of unbranched alkanes of at least 4 members (excludes halogenated alkanes) is 24. The summed E-state index contributed by atoms with van der Waals surface area (Å²) in [5.74, 6) is -0.851. The highest BCUT2D eigenvalue weighted by Crippen LogP contribution is 2.43. The van der Waals surface area contributed by atoms with E-state index in [1.807, 2.05) is 0 Å². The highest BCUT2D eigenvalue weighted by atomic mass is 31.2. The molecule has 0 aromatic rings. The molecule has 0 aliphatic rings. The summed E-state index contributed by atoms with van der Waals surface area (Å²) in [6.45, 7) is 3.69. The Labute approximate surface area is 362 Å². The molecule has 0 saturated heterocycles. The predicted molar refractivity (Wildman–Crippen MR) is 247 cm³/mol. The summed E-state index contributed by atoms with van der Waals surface area (Å²) >= 11 is 0. The van der Waals surface area contributed by atoms with Crippen molar-refractivity contribution in [2.24, 2.45) is 5.73 Å². The van der Waals surface area contributed by atoms with Gasteiger partial charge in [0.1, 0.15) is 6.61 Å². The molecule has 10 heteroatoms. The summed E-state index contributed by atoms with van der Waals surface area (Å²) in [6, 6.07) is 0. The summed E-state index contributed by atoms with van der Waals surface area (Å²) in [5, 5.41) is 0. The third kappa shape index (κ3) is 45.3. The maximum absolute atomic E-state index is 12.6. The Bertz CT molecular complexity index is 1110. The minimum atomic E-state index is -4.39. The third-order valence-electron chi connectivity index (χ3n) is 10.2. The zero-order valence-electron chi connectivity index (χ0n) is 38.0. The van der Waals surface area contributed by atoms with E-state index in [2.05, 4.69) is 62.5 Å². The zero-order valence-corrected chi connectivity index (χ0v) is 38.9. The van der Waals surface area contributed by atoms with Crippen molar-refractivity contribution in [3.63, 3.8) is 0 Å². The third-order valence-corrected chi connectivity index (χ3v) is 11.2. The van der Waals surface area contributed by atoms with Crippen LogP contribution in [-0.4, -0.2) is 49.3 Å². The molecule has 344 valence electrons. The van der Waals surface area contributed by atoms with Crippen molar-refractivity contribution >= 4 is 19.8 Å². The average Bonchev–Trinajstić information content (AvgIpc) is 3.22. The Kier molecular flexibility index (Phi) is 43.9. The first-order chi connectivity index (χ1) is 28.8. The SMILES string of the molecule is CCCCCC=CCC=CCC=CCCCCCCC(=O)O[C@H](COC(=O)CCCCCCCCCCCCCC=CCCCCCCCC)COP(=O)(O)OCCN. The van der Waals surface area contributed by atoms with Crippen molar-refractivity contribution in [3.8, 4) is 0 Å². The predicted octanol–water partition coefficient (Wildman–Crippen LogP) is 14.3. The van der Waals surface area contributed by atoms with Gasteiger partial charge >= 0.3 is 19.8 Å². The Balaban J connectivity index is 4.10. The minimum Gasteiger partial charge on any atom is -0.462 e. The molecule has 0 aromatic heterocycles. The maximum atomic E-state index is 12.6. The molecule has 0 aliphatic heterocycles. The molecule has 2 atom stereocenters. The lowest BCUT2D eigenvalue weighted by atomic mass is 10.0. The molecular formula is C49H90NO8P. The maximum Gasteiger partial charge on any atom is 0.472 e. The van der Waals surface area contributed by atoms with Crippen molar-refractivity contribution in [3.05, 3.63) is 48.6 Å². The summed E-state index contributed by atoms with van der Waals surface area (Å²) < 4.78 is 32.8. The van der Waals surface area contributed by atoms with Crippen molar-refractivity contribution in [2.45, 2.75) is 225 Å². The summed E-state index contributed by atoms with van der Waals surface area (Å²) in [5.41, 5.74) is 5.36. The molecule has 3 N–H and O–H groups in total. The van der Waals surface area contributed by atoms with Gasteiger partial charge in [-0.05, 0) is 77.0 Å². The standard InChI is InChI=1S/C49H90NO8P/c1-3-5-7-9-11-13-15-17-19-21-22-23-24-26-27-29-31-33-35-37-39-41-48(51)55-45-47(46-57-59(53,54)56-44-43-50)58-49(52)42-40-38-36-34-32-30-28-25-20-18-16-14-12-10-8-6-4-2/h12,14,17-20,28,30,47H,3-11,13,15-16,21-27,29,31-46,50H2,1-2H3,(H,53,54)/t47-/m1/s1. The molecule has 0 radical (unpaired) electrons. The fourth-order valence-corrected chi connectivity index (χ4v) is 7.34. The van der Waals surface area contributed by atoms with Crippen LogP contribution < -0.4 is 5.73 Å². The van der Waals surface area contributed by atoms with E-state index < -0.39 is 26.5 Å². The molecule has 9 nitrogen and oxygen atoms in total. The van der Waals surface area contributed by atoms with Crippen LogP contribution in [0.1, 0.15) is 219 Å². The van der Waals surface area contributed by atoms with Crippen molar-refractivity contribution in [1.29, 1.82) is 0 Å². The Morgan fingerprint density at radius 2 is 0.881 bits per heavy atom. The first-order valence-electron chi connectivity index (χ1n) is 24.1. The normalized spacial score (nSPS) is 13.6. The van der Waals surface area contributed by atoms with Crippen molar-refractivity contribution < 1.29 is 37.6 Å². The van der Waals surface area contributed by atoms with Gasteiger partial charge in [-0.3, -0.25) is 18.6 Å². The van der Waals surface area contributed by atoms with Crippen LogP contribution in [0.2, 0.25) is 0 Å². The Morgan fingerprint density at radius 1 is 0.508 bits per heavy atom. The van der Waals surface area contributed by atoms with Crippen molar-refractivity contribution in [2.75, 3.05) is 26.4 Å². The number of hydrogen-bond donors (Lipinski definition) is 2. The number of phosphoric ester groups is 1. The monoisotopic (exact) mass is 852 g/mol. The van der Waals surface area contributed by atoms with Crippen LogP contribution in [0.4, 0.5) is 0 Å². The van der Waals surface area contributed by atoms with Gasteiger partial charge in [-0.2, -0.15) is 0 Å². The lowest BCUT2D eigenvalue weighted by Gasteiger charge is -2.19. The number of rotatable bonds is 45. The van der Waals surface area contributed by atoms with E-state index in [1.54, 1.807) is 0 Å². The zero-order chi connectivity index (χ0) is 43.2. The molecule has 1 unspecified atom stereocenters. The first-order valence-corrected chi connectivity index (χ1v) is 25.6. The lowest BCUT2D eigenvalue weighted by Crippen LogP contribution is -2.29. The molecule has 0 saturated carbocycles. The van der Waals surface area contributed by atoms with Crippen LogP contribution in [-0.2, 0) is 32.7 Å². The molecule has 0 aromatic carbocycles. The number of esters is 2. The van der Waals surface area contributed by atoms with Crippen LogP contribution in [0.25, 0.3) is 0 Å². The number of carbonyl (C=O) groups is 2. The number of nitrogens with two attached hydrogens (primary N) is 1. The molecule has 59 heavy (non-hydrogen) atoms. The van der Waals surface area contributed by atoms with E-state index in [1.165, 1.54) is 128 Å². The van der Waals surface area contributed by atoms with Crippen LogP contribution in [0.3, 0.4) is 0 Å². The van der Waals surface area contributed by atoms with Gasteiger partial charge in [0.15, 0.2) is 6.10 Å². The second-order valence-electron chi connectivity index (χ2n) is 16.0. The average molecular weight is 852 g/mol. The number of allylic oxidation sites excluding steroid dienone is 8. The fraction of sp³-hybridized carbons (Fsp3) is 0.796. The largest absolute Gasteiger partial charge is 0.472 e. The molecule has 0 spiro atoms. The van der Waals surface area contributed by atoms with Gasteiger partial charge in [0.05, 0.1) is 13.2 Å². The van der Waals surface area contributed by atoms with E-state index in [0.29, 0.717) is 6.42 Å². The number of hydrogen-bond acceptors (Lipinski definition) is 8. The number of ether oxygens (including phenoxy) is 2. The van der Waals surface area contributed by atoms with E-state index in [4.69, 9.17) is 24.3 Å². The van der Waals surface area contributed by atoms with Gasteiger partial charge in [-0.1, -0.05) is 178 Å². The second kappa shape index (κ2) is 45.5. The van der Waals surface area contributed by atoms with E-state index in [9.17, 15) is 19.0 Å². The summed E-state index contributed by atoms with van der Waals surface area (Å²) in [4.78, 5) is 35.0. The van der Waals surface area contributed by atoms with Crippen LogP contribution in [0.15, 0.2) is 48.6 Å². The van der Waals surface area contributed by atoms with Gasteiger partial charge in [-0.15, -0.1) is 0 Å². The second-order valence-corrected chi connectivity index (χ2v) is 17.4. The van der Waals surface area contributed by atoms with E-state index in [0.717, 1.165) is 57.8 Å². The van der Waals surface area contributed by atoms with Crippen LogP contribution in [0.5, 0.6) is 0 Å². The molecular weight excluding hydrogens is 762 g/mol. The van der Waals surface area contributed by atoms with Crippen LogP contribution in [0, 0.1) is 0 Å². The summed E-state index contributed by atoms with van der Waals surface area (Å²) in [7, 11) is -4.39. The molecule has 0 aliphatic carbocycles. The van der Waals surface area contributed by atoms with Gasteiger partial charge < -0.3 is 20.1 Å².